The van der Waals surface area contributed by atoms with Gasteiger partial charge in [-0.25, -0.2) is 0 Å². The van der Waals surface area contributed by atoms with Gasteiger partial charge in [-0.1, -0.05) is 6.92 Å². The summed E-state index contributed by atoms with van der Waals surface area (Å²) in [5.74, 6) is 0.603. The first-order chi connectivity index (χ1) is 10.2. The normalized spacial score (nSPS) is 21.8. The first kappa shape index (κ1) is 16.1. The van der Waals surface area contributed by atoms with Gasteiger partial charge < -0.3 is 10.6 Å². The van der Waals surface area contributed by atoms with Gasteiger partial charge in [0.25, 0.3) is 5.91 Å². The minimum Gasteiger partial charge on any atom is -0.369 e. The van der Waals surface area contributed by atoms with E-state index in [2.05, 4.69) is 34.0 Å². The van der Waals surface area contributed by atoms with Crippen LogP contribution in [0.2, 0.25) is 0 Å². The summed E-state index contributed by atoms with van der Waals surface area (Å²) in [4.78, 5) is 12.2. The van der Waals surface area contributed by atoms with E-state index in [0.717, 1.165) is 31.1 Å². The van der Waals surface area contributed by atoms with Gasteiger partial charge in [-0.3, -0.25) is 4.79 Å². The topological polar surface area (TPSA) is 66.9 Å². The fourth-order valence-corrected chi connectivity index (χ4v) is 3.25. The lowest BCUT2D eigenvalue weighted by molar-refractivity contribution is 0.0922. The van der Waals surface area contributed by atoms with Gasteiger partial charge in [0.05, 0.1) is 0 Å². The third-order valence-corrected chi connectivity index (χ3v) is 4.93. The Kier molecular flexibility index (Phi) is 6.29. The molecular formula is C15H24N4OS. The van der Waals surface area contributed by atoms with Crippen molar-refractivity contribution in [1.29, 1.82) is 0 Å². The molecule has 5 nitrogen and oxygen atoms in total. The highest BCUT2D eigenvalue weighted by Crippen LogP contribution is 2.26. The molecule has 1 aromatic rings. The number of nitrogens with zero attached hydrogens (tertiary/aromatic N) is 2. The summed E-state index contributed by atoms with van der Waals surface area (Å²) < 4.78 is 0. The van der Waals surface area contributed by atoms with E-state index in [1.54, 1.807) is 6.07 Å². The smallest absolute Gasteiger partial charge is 0.272 e. The van der Waals surface area contributed by atoms with E-state index in [1.807, 2.05) is 17.8 Å². The highest BCUT2D eigenvalue weighted by Gasteiger charge is 2.22. The van der Waals surface area contributed by atoms with E-state index < -0.39 is 0 Å². The van der Waals surface area contributed by atoms with Gasteiger partial charge in [-0.15, -0.1) is 10.2 Å². The number of hydrogen-bond donors (Lipinski definition) is 2. The van der Waals surface area contributed by atoms with E-state index in [-0.39, 0.29) is 11.9 Å². The second-order valence-electron chi connectivity index (χ2n) is 5.41. The van der Waals surface area contributed by atoms with Crippen LogP contribution in [0.5, 0.6) is 0 Å². The molecule has 0 saturated heterocycles. The highest BCUT2D eigenvalue weighted by molar-refractivity contribution is 7.99. The summed E-state index contributed by atoms with van der Waals surface area (Å²) in [5, 5.41) is 15.0. The predicted octanol–water partition coefficient (Wildman–Crippen LogP) is 2.70. The number of carbonyl (C=O) groups is 1. The lowest BCUT2D eigenvalue weighted by Gasteiger charge is -2.27. The molecule has 0 bridgehead atoms. The average Bonchev–Trinajstić information content (AvgIpc) is 2.54. The van der Waals surface area contributed by atoms with E-state index in [0.29, 0.717) is 11.5 Å². The third-order valence-electron chi connectivity index (χ3n) is 3.80. The molecule has 0 aromatic carbocycles. The third kappa shape index (κ3) is 4.88. The number of nitrogens with one attached hydrogen (secondary N) is 2. The summed E-state index contributed by atoms with van der Waals surface area (Å²) in [6.07, 6.45) is 7.66. The van der Waals surface area contributed by atoms with Crippen molar-refractivity contribution in [3.05, 3.63) is 17.8 Å². The molecule has 1 heterocycles. The van der Waals surface area contributed by atoms with Crippen molar-refractivity contribution in [2.45, 2.75) is 50.3 Å². The van der Waals surface area contributed by atoms with E-state index >= 15 is 0 Å². The van der Waals surface area contributed by atoms with E-state index in [4.69, 9.17) is 0 Å². The number of anilines is 1. The Hall–Kier alpha value is -1.30. The molecular weight excluding hydrogens is 284 g/mol. The second kappa shape index (κ2) is 8.22. The monoisotopic (exact) mass is 308 g/mol. The van der Waals surface area contributed by atoms with Crippen molar-refractivity contribution in [3.8, 4) is 0 Å². The Labute approximate surface area is 130 Å². The summed E-state index contributed by atoms with van der Waals surface area (Å²) in [6.45, 7) is 2.95. The highest BCUT2D eigenvalue weighted by atomic mass is 32.2. The second-order valence-corrected chi connectivity index (χ2v) is 6.55. The van der Waals surface area contributed by atoms with Crippen molar-refractivity contribution in [2.24, 2.45) is 0 Å². The van der Waals surface area contributed by atoms with Crippen molar-refractivity contribution in [2.75, 3.05) is 18.1 Å². The van der Waals surface area contributed by atoms with Crippen LogP contribution in [-0.4, -0.2) is 40.2 Å². The number of carbonyl (C=O) groups excluding carboxylic acids is 1. The number of thioether (sulfide) groups is 1. The van der Waals surface area contributed by atoms with Crippen LogP contribution in [0.15, 0.2) is 12.1 Å². The van der Waals surface area contributed by atoms with Gasteiger partial charge in [0.15, 0.2) is 5.69 Å². The molecule has 116 valence electrons. The lowest BCUT2D eigenvalue weighted by Crippen LogP contribution is -2.38. The van der Waals surface area contributed by atoms with Gasteiger partial charge in [-0.05, 0) is 50.5 Å². The molecule has 0 unspecified atom stereocenters. The number of aromatic nitrogens is 2. The Morgan fingerprint density at radius 2 is 2.05 bits per heavy atom. The standard InChI is InChI=1S/C15H24N4OS/c1-3-10-16-14-9-8-13(18-19-14)15(20)17-11-4-6-12(21-2)7-5-11/h8-9,11-12H,3-7,10H2,1-2H3,(H,16,19)(H,17,20). The first-order valence-electron chi connectivity index (χ1n) is 7.64. The fourth-order valence-electron chi connectivity index (χ4n) is 2.50. The fraction of sp³-hybridized carbons (Fsp3) is 0.667. The van der Waals surface area contributed by atoms with Crippen molar-refractivity contribution >= 4 is 23.5 Å². The Morgan fingerprint density at radius 1 is 1.29 bits per heavy atom. The molecule has 1 amide bonds. The molecule has 2 N–H and O–H groups in total. The zero-order chi connectivity index (χ0) is 15.1. The summed E-state index contributed by atoms with van der Waals surface area (Å²) in [7, 11) is 0. The quantitative estimate of drug-likeness (QED) is 0.846. The predicted molar refractivity (Wildman–Crippen MR) is 87.8 cm³/mol. The molecule has 0 radical (unpaired) electrons. The lowest BCUT2D eigenvalue weighted by atomic mass is 9.95. The van der Waals surface area contributed by atoms with Gasteiger partial charge in [0, 0.05) is 17.8 Å². The van der Waals surface area contributed by atoms with Crippen LogP contribution >= 0.6 is 11.8 Å². The first-order valence-corrected chi connectivity index (χ1v) is 8.93. The molecule has 0 aliphatic heterocycles. The largest absolute Gasteiger partial charge is 0.369 e. The van der Waals surface area contributed by atoms with Gasteiger partial charge >= 0.3 is 0 Å². The van der Waals surface area contributed by atoms with Gasteiger partial charge in [0.2, 0.25) is 0 Å². The van der Waals surface area contributed by atoms with Crippen LogP contribution in [0.1, 0.15) is 49.5 Å². The van der Waals surface area contributed by atoms with Crippen LogP contribution in [0.3, 0.4) is 0 Å². The molecule has 1 saturated carbocycles. The molecule has 1 aliphatic carbocycles. The Bertz CT molecular complexity index is 443. The number of rotatable bonds is 6. The zero-order valence-electron chi connectivity index (χ0n) is 12.8. The molecule has 1 aromatic heterocycles. The van der Waals surface area contributed by atoms with Crippen LogP contribution in [0.25, 0.3) is 0 Å². The maximum absolute atomic E-state index is 12.2. The molecule has 1 aliphatic rings. The van der Waals surface area contributed by atoms with E-state index in [1.165, 1.54) is 12.8 Å². The molecule has 1 fully saturated rings. The summed E-state index contributed by atoms with van der Waals surface area (Å²) in [6, 6.07) is 3.82. The van der Waals surface area contributed by atoms with E-state index in [9.17, 15) is 4.79 Å². The van der Waals surface area contributed by atoms with Gasteiger partial charge in [0.1, 0.15) is 5.82 Å². The van der Waals surface area contributed by atoms with Crippen LogP contribution in [0.4, 0.5) is 5.82 Å². The molecule has 0 spiro atoms. The summed E-state index contributed by atoms with van der Waals surface area (Å²) >= 11 is 1.93. The zero-order valence-corrected chi connectivity index (χ0v) is 13.6. The van der Waals surface area contributed by atoms with Crippen LogP contribution < -0.4 is 10.6 Å². The molecule has 21 heavy (non-hydrogen) atoms. The Morgan fingerprint density at radius 3 is 2.62 bits per heavy atom. The Balaban J connectivity index is 1.83. The minimum atomic E-state index is -0.114. The van der Waals surface area contributed by atoms with Crippen molar-refractivity contribution < 1.29 is 4.79 Å². The van der Waals surface area contributed by atoms with Gasteiger partial charge in [-0.2, -0.15) is 11.8 Å². The van der Waals surface area contributed by atoms with Crippen molar-refractivity contribution in [1.82, 2.24) is 15.5 Å². The molecule has 2 rings (SSSR count). The maximum atomic E-state index is 12.2. The van der Waals surface area contributed by atoms with Crippen LogP contribution in [-0.2, 0) is 0 Å². The van der Waals surface area contributed by atoms with Crippen molar-refractivity contribution in [3.63, 3.8) is 0 Å². The average molecular weight is 308 g/mol. The molecule has 0 atom stereocenters. The van der Waals surface area contributed by atoms with Crippen LogP contribution in [0, 0.1) is 0 Å². The SMILES string of the molecule is CCCNc1ccc(C(=O)NC2CCC(SC)CC2)nn1. The molecule has 6 heteroatoms. The number of hydrogen-bond acceptors (Lipinski definition) is 5. The number of amides is 1. The maximum Gasteiger partial charge on any atom is 0.272 e. The minimum absolute atomic E-state index is 0.114. The summed E-state index contributed by atoms with van der Waals surface area (Å²) in [5.41, 5.74) is 0.393.